The number of nitrogens with one attached hydrogen (secondary N) is 1. The Hall–Kier alpha value is -3.41. The first-order valence-corrected chi connectivity index (χ1v) is 8.10. The SMILES string of the molecule is O=C1NCCn2c(-c3coc(-c4ccccc4)n3)nc3cccc1c32. The molecular formula is C19H14N4O2. The van der Waals surface area contributed by atoms with Gasteiger partial charge in [-0.2, -0.15) is 0 Å². The zero-order valence-electron chi connectivity index (χ0n) is 13.3. The van der Waals surface area contributed by atoms with E-state index in [1.165, 1.54) is 0 Å². The number of amides is 1. The molecule has 0 spiro atoms. The Morgan fingerprint density at radius 2 is 1.92 bits per heavy atom. The minimum Gasteiger partial charge on any atom is -0.444 e. The van der Waals surface area contributed by atoms with E-state index in [4.69, 9.17) is 9.40 Å². The average Bonchev–Trinajstić information content (AvgIpc) is 3.23. The molecule has 1 N–H and O–H groups in total. The van der Waals surface area contributed by atoms with E-state index in [2.05, 4.69) is 10.3 Å². The highest BCUT2D eigenvalue weighted by Crippen LogP contribution is 2.29. The predicted molar refractivity (Wildman–Crippen MR) is 93.0 cm³/mol. The Balaban J connectivity index is 1.69. The van der Waals surface area contributed by atoms with Gasteiger partial charge in [0, 0.05) is 18.7 Å². The van der Waals surface area contributed by atoms with Crippen LogP contribution in [-0.4, -0.2) is 27.0 Å². The Labute approximate surface area is 143 Å². The first-order chi connectivity index (χ1) is 12.3. The van der Waals surface area contributed by atoms with E-state index in [1.54, 1.807) is 6.26 Å². The van der Waals surface area contributed by atoms with E-state index in [0.717, 1.165) is 16.6 Å². The Kier molecular flexibility index (Phi) is 2.97. The van der Waals surface area contributed by atoms with Crippen molar-refractivity contribution in [3.05, 3.63) is 60.4 Å². The number of aromatic nitrogens is 3. The number of benzene rings is 2. The fourth-order valence-electron chi connectivity index (χ4n) is 3.25. The van der Waals surface area contributed by atoms with E-state index in [-0.39, 0.29) is 5.91 Å². The van der Waals surface area contributed by atoms with Crippen LogP contribution in [0.2, 0.25) is 0 Å². The molecule has 6 nitrogen and oxygen atoms in total. The molecule has 0 saturated heterocycles. The van der Waals surface area contributed by atoms with Crippen LogP contribution in [0.3, 0.4) is 0 Å². The third kappa shape index (κ3) is 2.15. The fraction of sp³-hybridized carbons (Fsp3) is 0.105. The van der Waals surface area contributed by atoms with E-state index >= 15 is 0 Å². The lowest BCUT2D eigenvalue weighted by Gasteiger charge is -2.04. The van der Waals surface area contributed by atoms with Crippen LogP contribution >= 0.6 is 0 Å². The largest absolute Gasteiger partial charge is 0.444 e. The van der Waals surface area contributed by atoms with Crippen molar-refractivity contribution >= 4 is 16.9 Å². The van der Waals surface area contributed by atoms with Gasteiger partial charge in [-0.1, -0.05) is 24.3 Å². The topological polar surface area (TPSA) is 73.0 Å². The summed E-state index contributed by atoms with van der Waals surface area (Å²) in [6, 6.07) is 15.3. The fourth-order valence-corrected chi connectivity index (χ4v) is 3.25. The van der Waals surface area contributed by atoms with Crippen molar-refractivity contribution in [1.82, 2.24) is 19.9 Å². The predicted octanol–water partition coefficient (Wildman–Crippen LogP) is 3.10. The standard InChI is InChI=1S/C19H14N4O2/c24-18-13-7-4-8-14-16(13)23(10-9-20-18)17(21-14)15-11-25-19(22-15)12-5-2-1-3-6-12/h1-8,11H,9-10H2,(H,20,24). The maximum Gasteiger partial charge on any atom is 0.253 e. The molecule has 1 aliphatic heterocycles. The lowest BCUT2D eigenvalue weighted by molar-refractivity contribution is 0.0956. The van der Waals surface area contributed by atoms with Crippen LogP contribution in [-0.2, 0) is 6.54 Å². The van der Waals surface area contributed by atoms with Gasteiger partial charge in [-0.25, -0.2) is 9.97 Å². The molecule has 0 unspecified atom stereocenters. The van der Waals surface area contributed by atoms with Crippen LogP contribution in [0.4, 0.5) is 0 Å². The van der Waals surface area contributed by atoms with Crippen LogP contribution in [0.15, 0.2) is 59.2 Å². The van der Waals surface area contributed by atoms with Crippen LogP contribution in [0.1, 0.15) is 10.4 Å². The first kappa shape index (κ1) is 14.0. The molecule has 1 aliphatic rings. The summed E-state index contributed by atoms with van der Waals surface area (Å²) in [6.07, 6.45) is 1.62. The number of para-hydroxylation sites is 1. The molecule has 6 heteroatoms. The van der Waals surface area contributed by atoms with Crippen LogP contribution in [0, 0.1) is 0 Å². The number of oxazole rings is 1. The minimum atomic E-state index is -0.0686. The smallest absolute Gasteiger partial charge is 0.253 e. The third-order valence-electron chi connectivity index (χ3n) is 4.39. The molecule has 25 heavy (non-hydrogen) atoms. The second-order valence-electron chi connectivity index (χ2n) is 5.92. The molecule has 2 aromatic heterocycles. The molecule has 4 aromatic rings. The Morgan fingerprint density at radius 3 is 2.80 bits per heavy atom. The molecule has 1 amide bonds. The molecular weight excluding hydrogens is 316 g/mol. The van der Waals surface area contributed by atoms with Gasteiger partial charge in [0.25, 0.3) is 5.91 Å². The number of hydrogen-bond donors (Lipinski definition) is 1. The van der Waals surface area contributed by atoms with Crippen LogP contribution < -0.4 is 5.32 Å². The van der Waals surface area contributed by atoms with Crippen LogP contribution in [0.25, 0.3) is 34.0 Å². The highest BCUT2D eigenvalue weighted by atomic mass is 16.3. The second-order valence-corrected chi connectivity index (χ2v) is 5.92. The summed E-state index contributed by atoms with van der Waals surface area (Å²) in [6.45, 7) is 1.19. The van der Waals surface area contributed by atoms with Gasteiger partial charge in [0.05, 0.1) is 16.6 Å². The molecule has 122 valence electrons. The van der Waals surface area contributed by atoms with Gasteiger partial charge in [0.1, 0.15) is 12.0 Å². The molecule has 5 rings (SSSR count). The highest BCUT2D eigenvalue weighted by Gasteiger charge is 2.23. The maximum atomic E-state index is 12.2. The quantitative estimate of drug-likeness (QED) is 0.613. The number of rotatable bonds is 2. The van der Waals surface area contributed by atoms with Crippen molar-refractivity contribution in [2.75, 3.05) is 6.54 Å². The molecule has 3 heterocycles. The molecule has 0 radical (unpaired) electrons. The van der Waals surface area contributed by atoms with Gasteiger partial charge in [0.15, 0.2) is 5.82 Å². The molecule has 0 fully saturated rings. The van der Waals surface area contributed by atoms with Crippen molar-refractivity contribution in [2.45, 2.75) is 6.54 Å². The van der Waals surface area contributed by atoms with Gasteiger partial charge in [-0.05, 0) is 24.3 Å². The third-order valence-corrected chi connectivity index (χ3v) is 4.39. The van der Waals surface area contributed by atoms with Gasteiger partial charge >= 0.3 is 0 Å². The molecule has 0 saturated carbocycles. The number of carbonyl (C=O) groups is 1. The zero-order chi connectivity index (χ0) is 16.8. The zero-order valence-corrected chi connectivity index (χ0v) is 13.3. The summed E-state index contributed by atoms with van der Waals surface area (Å²) in [5.74, 6) is 1.20. The number of hydrogen-bond acceptors (Lipinski definition) is 4. The maximum absolute atomic E-state index is 12.2. The van der Waals surface area contributed by atoms with Crippen LogP contribution in [0.5, 0.6) is 0 Å². The summed E-state index contributed by atoms with van der Waals surface area (Å²) in [5, 5.41) is 2.92. The average molecular weight is 330 g/mol. The Morgan fingerprint density at radius 1 is 1.04 bits per heavy atom. The normalized spacial score (nSPS) is 13.7. The van der Waals surface area contributed by atoms with Crippen molar-refractivity contribution in [1.29, 1.82) is 0 Å². The molecule has 0 bridgehead atoms. The van der Waals surface area contributed by atoms with Gasteiger partial charge < -0.3 is 14.3 Å². The number of imidazole rings is 1. The number of carbonyl (C=O) groups excluding carboxylic acids is 1. The van der Waals surface area contributed by atoms with E-state index in [9.17, 15) is 4.79 Å². The second kappa shape index (κ2) is 5.31. The van der Waals surface area contributed by atoms with Gasteiger partial charge in [-0.15, -0.1) is 0 Å². The van der Waals surface area contributed by atoms with Crippen molar-refractivity contribution in [3.8, 4) is 23.0 Å². The lowest BCUT2D eigenvalue weighted by Crippen LogP contribution is -2.24. The van der Waals surface area contributed by atoms with Crippen molar-refractivity contribution < 1.29 is 9.21 Å². The van der Waals surface area contributed by atoms with E-state index < -0.39 is 0 Å². The summed E-state index contributed by atoms with van der Waals surface area (Å²) >= 11 is 0. The van der Waals surface area contributed by atoms with Gasteiger partial charge in [0.2, 0.25) is 5.89 Å². The van der Waals surface area contributed by atoms with Crippen molar-refractivity contribution in [2.24, 2.45) is 0 Å². The number of nitrogens with zero attached hydrogens (tertiary/aromatic N) is 3. The monoisotopic (exact) mass is 330 g/mol. The highest BCUT2D eigenvalue weighted by molar-refractivity contribution is 6.06. The summed E-state index contributed by atoms with van der Waals surface area (Å²) in [4.78, 5) is 21.5. The van der Waals surface area contributed by atoms with Gasteiger partial charge in [-0.3, -0.25) is 4.79 Å². The lowest BCUT2D eigenvalue weighted by atomic mass is 10.2. The summed E-state index contributed by atoms with van der Waals surface area (Å²) in [7, 11) is 0. The molecule has 0 atom stereocenters. The molecule has 2 aromatic carbocycles. The van der Waals surface area contributed by atoms with E-state index in [0.29, 0.717) is 36.1 Å². The first-order valence-electron chi connectivity index (χ1n) is 8.10. The molecule has 0 aliphatic carbocycles. The minimum absolute atomic E-state index is 0.0686. The van der Waals surface area contributed by atoms with E-state index in [1.807, 2.05) is 53.1 Å². The Bertz CT molecular complexity index is 1100. The van der Waals surface area contributed by atoms with Crippen molar-refractivity contribution in [3.63, 3.8) is 0 Å². The summed E-state index contributed by atoms with van der Waals surface area (Å²) in [5.41, 5.74) is 3.85. The summed E-state index contributed by atoms with van der Waals surface area (Å²) < 4.78 is 7.69.